The molecule has 406 valence electrons. The third kappa shape index (κ3) is 55.2. The van der Waals surface area contributed by atoms with E-state index in [4.69, 9.17) is 4.74 Å². The normalized spacial score (nSPS) is 12.8. The van der Waals surface area contributed by atoms with E-state index in [0.29, 0.717) is 19.4 Å². The number of amides is 1. The summed E-state index contributed by atoms with van der Waals surface area (Å²) in [5.41, 5.74) is 0. The maximum absolute atomic E-state index is 12.5. The largest absolute Gasteiger partial charge is 0.465 e. The molecular formula is C63H119NO5. The number of nitrogens with one attached hydrogen (secondary N) is 1. The molecule has 0 bridgehead atoms. The van der Waals surface area contributed by atoms with Gasteiger partial charge in [-0.1, -0.05) is 301 Å². The summed E-state index contributed by atoms with van der Waals surface area (Å²) < 4.78 is 5.41. The van der Waals surface area contributed by atoms with E-state index in [1.165, 1.54) is 250 Å². The molecule has 0 rings (SSSR count). The second kappa shape index (κ2) is 58.6. The lowest BCUT2D eigenvalue weighted by Gasteiger charge is -2.20. The molecule has 0 aromatic heterocycles. The number of aliphatic hydroxyl groups is 2. The van der Waals surface area contributed by atoms with Crippen LogP contribution in [-0.2, 0) is 14.3 Å². The zero-order valence-corrected chi connectivity index (χ0v) is 46.3. The Kier molecular flexibility index (Phi) is 57.0. The van der Waals surface area contributed by atoms with E-state index < -0.39 is 12.1 Å². The lowest BCUT2D eigenvalue weighted by atomic mass is 10.0. The molecule has 1 amide bonds. The molecule has 6 nitrogen and oxygen atoms in total. The number of hydrogen-bond acceptors (Lipinski definition) is 5. The van der Waals surface area contributed by atoms with Gasteiger partial charge in [0.1, 0.15) is 0 Å². The van der Waals surface area contributed by atoms with Gasteiger partial charge in [0, 0.05) is 12.8 Å². The number of esters is 1. The molecule has 0 fully saturated rings. The van der Waals surface area contributed by atoms with Gasteiger partial charge in [-0.15, -0.1) is 0 Å². The number of hydrogen-bond donors (Lipinski definition) is 3. The maximum Gasteiger partial charge on any atom is 0.305 e. The number of unbranched alkanes of at least 4 members (excludes halogenated alkanes) is 42. The Morgan fingerprint density at radius 3 is 1.10 bits per heavy atom. The number of carbonyl (C=O) groups is 2. The molecule has 0 aromatic rings. The number of allylic oxidation sites excluding steroid dienone is 4. The van der Waals surface area contributed by atoms with Crippen molar-refractivity contribution in [2.24, 2.45) is 0 Å². The van der Waals surface area contributed by atoms with Crippen molar-refractivity contribution in [1.29, 1.82) is 0 Å². The van der Waals surface area contributed by atoms with Crippen LogP contribution < -0.4 is 5.32 Å². The highest BCUT2D eigenvalue weighted by molar-refractivity contribution is 5.76. The minimum atomic E-state index is -0.849. The van der Waals surface area contributed by atoms with Gasteiger partial charge in [0.05, 0.1) is 25.4 Å². The van der Waals surface area contributed by atoms with Gasteiger partial charge in [-0.05, 0) is 51.4 Å². The predicted molar refractivity (Wildman–Crippen MR) is 301 cm³/mol. The summed E-state index contributed by atoms with van der Waals surface area (Å²) in [6.45, 7) is 4.81. The highest BCUT2D eigenvalue weighted by Crippen LogP contribution is 2.17. The van der Waals surface area contributed by atoms with E-state index >= 15 is 0 Å². The van der Waals surface area contributed by atoms with Gasteiger partial charge in [0.2, 0.25) is 5.91 Å². The Morgan fingerprint density at radius 1 is 0.406 bits per heavy atom. The molecule has 0 spiro atoms. The number of rotatable bonds is 57. The first-order valence-electron chi connectivity index (χ1n) is 30.8. The van der Waals surface area contributed by atoms with Gasteiger partial charge >= 0.3 is 5.97 Å². The Hall–Kier alpha value is -1.92. The number of ether oxygens (including phenoxy) is 1. The molecule has 69 heavy (non-hydrogen) atoms. The summed E-state index contributed by atoms with van der Waals surface area (Å²) in [7, 11) is 0. The van der Waals surface area contributed by atoms with E-state index in [9.17, 15) is 19.8 Å². The van der Waals surface area contributed by atoms with Crippen molar-refractivity contribution in [2.45, 2.75) is 341 Å². The third-order valence-electron chi connectivity index (χ3n) is 14.2. The van der Waals surface area contributed by atoms with Crippen LogP contribution in [0.1, 0.15) is 328 Å². The quantitative estimate of drug-likeness (QED) is 0.0321. The fraction of sp³-hybridized carbons (Fsp3) is 0.873. The van der Waals surface area contributed by atoms with E-state index in [0.717, 1.165) is 51.4 Å². The minimum Gasteiger partial charge on any atom is -0.465 e. The number of carbonyl (C=O) groups excluding carboxylic acids is 2. The van der Waals surface area contributed by atoms with E-state index in [1.54, 1.807) is 6.08 Å². The molecule has 0 saturated heterocycles. The van der Waals surface area contributed by atoms with Crippen LogP contribution in [0.15, 0.2) is 36.5 Å². The molecule has 0 aliphatic rings. The fourth-order valence-electron chi connectivity index (χ4n) is 9.47. The Morgan fingerprint density at radius 2 is 0.725 bits per heavy atom. The van der Waals surface area contributed by atoms with Crippen LogP contribution in [0.2, 0.25) is 0 Å². The van der Waals surface area contributed by atoms with Crippen LogP contribution >= 0.6 is 0 Å². The predicted octanol–water partition coefficient (Wildman–Crippen LogP) is 19.2. The fourth-order valence-corrected chi connectivity index (χ4v) is 9.47. The van der Waals surface area contributed by atoms with Crippen molar-refractivity contribution in [3.63, 3.8) is 0 Å². The average Bonchev–Trinajstić information content (AvgIpc) is 3.35. The van der Waals surface area contributed by atoms with Gasteiger partial charge in [-0.25, -0.2) is 0 Å². The molecule has 2 unspecified atom stereocenters. The van der Waals surface area contributed by atoms with Crippen LogP contribution in [0.5, 0.6) is 0 Å². The Bertz CT molecular complexity index is 1120. The van der Waals surface area contributed by atoms with Crippen LogP contribution in [0.3, 0.4) is 0 Å². The van der Waals surface area contributed by atoms with Gasteiger partial charge in [0.25, 0.3) is 0 Å². The first-order chi connectivity index (χ1) is 34.0. The topological polar surface area (TPSA) is 95.9 Å². The van der Waals surface area contributed by atoms with Gasteiger partial charge in [0.15, 0.2) is 0 Å². The van der Waals surface area contributed by atoms with E-state index in [1.807, 2.05) is 6.08 Å². The van der Waals surface area contributed by atoms with Crippen LogP contribution in [0, 0.1) is 0 Å². The van der Waals surface area contributed by atoms with Crippen molar-refractivity contribution in [1.82, 2.24) is 5.32 Å². The number of aliphatic hydroxyl groups excluding tert-OH is 2. The molecule has 0 aliphatic heterocycles. The molecule has 0 heterocycles. The van der Waals surface area contributed by atoms with Gasteiger partial charge < -0.3 is 20.3 Å². The Labute approximate surface area is 430 Å². The average molecular weight is 971 g/mol. The summed E-state index contributed by atoms with van der Waals surface area (Å²) in [5, 5.41) is 23.2. The van der Waals surface area contributed by atoms with Crippen LogP contribution in [-0.4, -0.2) is 47.4 Å². The first-order valence-corrected chi connectivity index (χ1v) is 30.8. The molecule has 0 radical (unpaired) electrons. The highest BCUT2D eigenvalue weighted by atomic mass is 16.5. The summed E-state index contributed by atoms with van der Waals surface area (Å²) >= 11 is 0. The maximum atomic E-state index is 12.5. The molecule has 0 aliphatic carbocycles. The van der Waals surface area contributed by atoms with Crippen molar-refractivity contribution in [3.05, 3.63) is 36.5 Å². The summed E-state index contributed by atoms with van der Waals surface area (Å²) in [4.78, 5) is 24.5. The minimum absolute atomic E-state index is 0.0351. The van der Waals surface area contributed by atoms with Crippen molar-refractivity contribution < 1.29 is 24.5 Å². The molecular weight excluding hydrogens is 851 g/mol. The highest BCUT2D eigenvalue weighted by Gasteiger charge is 2.18. The van der Waals surface area contributed by atoms with Gasteiger partial charge in [-0.2, -0.15) is 0 Å². The monoisotopic (exact) mass is 970 g/mol. The molecule has 2 atom stereocenters. The lowest BCUT2D eigenvalue weighted by molar-refractivity contribution is -0.143. The summed E-state index contributed by atoms with van der Waals surface area (Å²) in [5.74, 6) is -0.106. The van der Waals surface area contributed by atoms with Crippen molar-refractivity contribution in [3.8, 4) is 0 Å². The third-order valence-corrected chi connectivity index (χ3v) is 14.2. The van der Waals surface area contributed by atoms with E-state index in [-0.39, 0.29) is 18.5 Å². The molecule has 0 aromatic carbocycles. The van der Waals surface area contributed by atoms with Crippen LogP contribution in [0.25, 0.3) is 0 Å². The summed E-state index contributed by atoms with van der Waals surface area (Å²) in [6, 6.07) is -0.632. The molecule has 6 heteroatoms. The SMILES string of the molecule is CCCCCCCCCCCCCCCCCCC/C=C/C(O)C(CO)NC(=O)CCCCCCCCCCCCCCCC/C=C\C/C=C\CCOC(=O)CCCCCCCCCCCCCC. The molecule has 3 N–H and O–H groups in total. The standard InChI is InChI=1S/C63H119NO5/c1-3-5-7-9-11-13-15-17-18-19-23-26-29-32-35-39-43-47-51-55-61(66)60(59-65)64-62(67)56-52-48-44-40-36-33-30-27-24-21-20-22-25-28-31-34-38-42-46-50-54-58-69-63(68)57-53-49-45-41-37-16-14-12-10-8-6-4-2/h34,38,46,50-51,55,60-61,65-66H,3-33,35-37,39-45,47-49,52-54,56-59H2,1-2H3,(H,64,67)/b38-34-,50-46-,55-51+. The molecule has 0 saturated carbocycles. The second-order valence-electron chi connectivity index (χ2n) is 21.0. The zero-order valence-electron chi connectivity index (χ0n) is 46.3. The smallest absolute Gasteiger partial charge is 0.305 e. The Balaban J connectivity index is 3.48. The van der Waals surface area contributed by atoms with E-state index in [2.05, 4.69) is 43.5 Å². The lowest BCUT2D eigenvalue weighted by Crippen LogP contribution is -2.45. The first kappa shape index (κ1) is 67.1. The zero-order chi connectivity index (χ0) is 50.0. The van der Waals surface area contributed by atoms with Crippen molar-refractivity contribution in [2.75, 3.05) is 13.2 Å². The second-order valence-corrected chi connectivity index (χ2v) is 21.0. The summed E-state index contributed by atoms with van der Waals surface area (Å²) in [6.07, 6.45) is 73.4. The van der Waals surface area contributed by atoms with Gasteiger partial charge in [-0.3, -0.25) is 9.59 Å². The van der Waals surface area contributed by atoms with Crippen molar-refractivity contribution >= 4 is 11.9 Å². The van der Waals surface area contributed by atoms with Crippen LogP contribution in [0.4, 0.5) is 0 Å².